The number of nitrogens with zero attached hydrogens (tertiary/aromatic N) is 1. The van der Waals surface area contributed by atoms with E-state index in [2.05, 4.69) is 48.5 Å². The predicted molar refractivity (Wildman–Crippen MR) is 176 cm³/mol. The molecule has 1 aromatic heterocycles. The number of rotatable bonds is 10. The summed E-state index contributed by atoms with van der Waals surface area (Å²) in [5.41, 5.74) is 0.604. The number of benzene rings is 6. The summed E-state index contributed by atoms with van der Waals surface area (Å²) in [4.78, 5) is 17.1. The minimum absolute atomic E-state index is 0.0149. The minimum atomic E-state index is -1.51. The van der Waals surface area contributed by atoms with Gasteiger partial charge in [0.15, 0.2) is 0 Å². The van der Waals surface area contributed by atoms with E-state index in [0.29, 0.717) is 33.8 Å². The fourth-order valence-corrected chi connectivity index (χ4v) is 6.20. The molecule has 7 rings (SSSR count). The van der Waals surface area contributed by atoms with Crippen LogP contribution in [0.4, 0.5) is 0 Å². The van der Waals surface area contributed by atoms with Gasteiger partial charge in [0.05, 0.1) is 20.1 Å². The summed E-state index contributed by atoms with van der Waals surface area (Å²) in [6.45, 7) is 0.232. The standard InChI is InChI=1S/C38H31NO7/c1-44-29-15-11-27(12-16-29)38(43,32-20-10-26-8-7-24-4-2-5-25-9-19-31(32)37(26)36(24)25)28-13-17-30(18-14-28)45-23-3-6-35(42)46-39-33(40)21-22-34(39)41/h2,4-5,7-22,40-41,43H,3,6,23H2,1H3. The molecule has 1 heterocycles. The van der Waals surface area contributed by atoms with Gasteiger partial charge in [-0.3, -0.25) is 0 Å². The van der Waals surface area contributed by atoms with Crippen LogP contribution in [-0.4, -0.2) is 39.7 Å². The topological polar surface area (TPSA) is 110 Å². The van der Waals surface area contributed by atoms with E-state index in [1.54, 1.807) is 19.2 Å². The lowest BCUT2D eigenvalue weighted by molar-refractivity contribution is -0.145. The van der Waals surface area contributed by atoms with Crippen molar-refractivity contribution in [2.75, 3.05) is 13.7 Å². The lowest BCUT2D eigenvalue weighted by Crippen LogP contribution is -2.29. The fourth-order valence-electron chi connectivity index (χ4n) is 6.20. The maximum absolute atomic E-state index is 12.9. The van der Waals surface area contributed by atoms with E-state index in [1.807, 2.05) is 42.5 Å². The Hall–Kier alpha value is -5.73. The quantitative estimate of drug-likeness (QED) is 0.0874. The summed E-state index contributed by atoms with van der Waals surface area (Å²) in [5, 5.41) is 38.8. The van der Waals surface area contributed by atoms with Gasteiger partial charge in [-0.2, -0.15) is 0 Å². The Balaban J connectivity index is 1.19. The van der Waals surface area contributed by atoms with Gasteiger partial charge in [0.1, 0.15) is 17.1 Å². The van der Waals surface area contributed by atoms with Gasteiger partial charge in [-0.15, -0.1) is 4.73 Å². The number of carbonyl (C=O) groups is 1. The highest BCUT2D eigenvalue weighted by atomic mass is 16.7. The van der Waals surface area contributed by atoms with Gasteiger partial charge in [0, 0.05) is 17.7 Å². The van der Waals surface area contributed by atoms with Crippen LogP contribution >= 0.6 is 0 Å². The molecule has 1 atom stereocenters. The molecular weight excluding hydrogens is 582 g/mol. The van der Waals surface area contributed by atoms with Gasteiger partial charge >= 0.3 is 5.97 Å². The van der Waals surface area contributed by atoms with Crippen molar-refractivity contribution in [3.8, 4) is 23.3 Å². The summed E-state index contributed by atoms with van der Waals surface area (Å²) < 4.78 is 11.9. The first-order valence-electron chi connectivity index (χ1n) is 14.9. The van der Waals surface area contributed by atoms with Crippen LogP contribution in [0.2, 0.25) is 0 Å². The Kier molecular flexibility index (Phi) is 7.34. The van der Waals surface area contributed by atoms with Crippen molar-refractivity contribution < 1.29 is 34.4 Å². The highest BCUT2D eigenvalue weighted by Crippen LogP contribution is 2.44. The van der Waals surface area contributed by atoms with Gasteiger partial charge in [-0.1, -0.05) is 78.9 Å². The summed E-state index contributed by atoms with van der Waals surface area (Å²) >= 11 is 0. The molecule has 0 fully saturated rings. The van der Waals surface area contributed by atoms with Crippen LogP contribution < -0.4 is 14.3 Å². The van der Waals surface area contributed by atoms with E-state index < -0.39 is 11.6 Å². The third-order valence-electron chi connectivity index (χ3n) is 8.48. The summed E-state index contributed by atoms with van der Waals surface area (Å²) in [7, 11) is 1.61. The van der Waals surface area contributed by atoms with Gasteiger partial charge < -0.3 is 29.6 Å². The zero-order valence-electron chi connectivity index (χ0n) is 25.0. The molecule has 0 spiro atoms. The van der Waals surface area contributed by atoms with Crippen LogP contribution in [0.25, 0.3) is 32.3 Å². The number of aliphatic hydroxyl groups is 1. The molecule has 0 saturated carbocycles. The zero-order chi connectivity index (χ0) is 31.8. The number of ether oxygens (including phenoxy) is 2. The molecule has 8 heteroatoms. The Labute approximate surface area is 264 Å². The van der Waals surface area contributed by atoms with E-state index >= 15 is 0 Å². The van der Waals surface area contributed by atoms with Crippen LogP contribution in [-0.2, 0) is 10.4 Å². The maximum atomic E-state index is 12.9. The largest absolute Gasteiger partial charge is 0.497 e. The van der Waals surface area contributed by atoms with E-state index in [4.69, 9.17) is 14.3 Å². The minimum Gasteiger partial charge on any atom is -0.497 e. The number of aromatic nitrogens is 1. The molecule has 1 unspecified atom stereocenters. The normalized spacial score (nSPS) is 12.8. The van der Waals surface area contributed by atoms with Crippen molar-refractivity contribution in [3.05, 3.63) is 132 Å². The third kappa shape index (κ3) is 4.98. The number of aromatic hydroxyl groups is 2. The summed E-state index contributed by atoms with van der Waals surface area (Å²) in [6, 6.07) is 36.0. The van der Waals surface area contributed by atoms with Crippen molar-refractivity contribution >= 4 is 38.3 Å². The molecule has 8 nitrogen and oxygen atoms in total. The van der Waals surface area contributed by atoms with Gasteiger partial charge in [0.25, 0.3) is 0 Å². The Morgan fingerprint density at radius 1 is 0.696 bits per heavy atom. The average molecular weight is 614 g/mol. The second-order valence-electron chi connectivity index (χ2n) is 11.2. The summed E-state index contributed by atoms with van der Waals surface area (Å²) in [5.74, 6) is -0.113. The fraction of sp³-hybridized carbons (Fsp3) is 0.132. The lowest BCUT2D eigenvalue weighted by atomic mass is 9.77. The van der Waals surface area contributed by atoms with Crippen LogP contribution in [0.1, 0.15) is 29.5 Å². The molecule has 0 bridgehead atoms. The molecular formula is C38H31NO7. The first kappa shape index (κ1) is 29.0. The van der Waals surface area contributed by atoms with Gasteiger partial charge in [-0.25, -0.2) is 4.79 Å². The molecule has 0 aliphatic heterocycles. The Bertz CT molecular complexity index is 2130. The molecule has 0 aliphatic rings. The summed E-state index contributed by atoms with van der Waals surface area (Å²) in [6.07, 6.45) is 0.364. The van der Waals surface area contributed by atoms with Gasteiger partial charge in [0.2, 0.25) is 11.8 Å². The van der Waals surface area contributed by atoms with E-state index in [0.717, 1.165) is 32.5 Å². The molecule has 6 aromatic carbocycles. The molecule has 3 N–H and O–H groups in total. The van der Waals surface area contributed by atoms with Crippen LogP contribution in [0, 0.1) is 0 Å². The van der Waals surface area contributed by atoms with Crippen molar-refractivity contribution in [1.29, 1.82) is 0 Å². The first-order valence-corrected chi connectivity index (χ1v) is 14.9. The van der Waals surface area contributed by atoms with E-state index in [1.165, 1.54) is 17.5 Å². The monoisotopic (exact) mass is 613 g/mol. The molecule has 46 heavy (non-hydrogen) atoms. The van der Waals surface area contributed by atoms with Crippen molar-refractivity contribution in [2.45, 2.75) is 18.4 Å². The molecule has 230 valence electrons. The van der Waals surface area contributed by atoms with Crippen LogP contribution in [0.15, 0.2) is 115 Å². The Morgan fingerprint density at radius 2 is 1.26 bits per heavy atom. The number of methoxy groups -OCH3 is 1. The molecule has 7 aromatic rings. The predicted octanol–water partition coefficient (Wildman–Crippen LogP) is 6.90. The zero-order valence-corrected chi connectivity index (χ0v) is 25.0. The highest BCUT2D eigenvalue weighted by molar-refractivity contribution is 6.23. The number of hydrogen-bond acceptors (Lipinski definition) is 7. The molecule has 0 aliphatic carbocycles. The highest BCUT2D eigenvalue weighted by Gasteiger charge is 2.36. The van der Waals surface area contributed by atoms with Gasteiger partial charge in [-0.05, 0) is 74.1 Å². The van der Waals surface area contributed by atoms with E-state index in [-0.39, 0.29) is 24.8 Å². The van der Waals surface area contributed by atoms with E-state index in [9.17, 15) is 20.1 Å². The SMILES string of the molecule is COc1ccc(C(O)(c2ccc(OCCCC(=O)On3c(O)ccc3O)cc2)c2ccc3ccc4cccc5ccc2c3c45)cc1. The van der Waals surface area contributed by atoms with Crippen LogP contribution in [0.5, 0.6) is 23.3 Å². The number of hydrogen-bond donors (Lipinski definition) is 3. The van der Waals surface area contributed by atoms with Crippen molar-refractivity contribution in [1.82, 2.24) is 4.73 Å². The van der Waals surface area contributed by atoms with Crippen molar-refractivity contribution in [3.63, 3.8) is 0 Å². The first-order chi connectivity index (χ1) is 22.4. The maximum Gasteiger partial charge on any atom is 0.333 e. The Morgan fingerprint density at radius 3 is 1.89 bits per heavy atom. The smallest absolute Gasteiger partial charge is 0.333 e. The number of carbonyl (C=O) groups excluding carboxylic acids is 1. The average Bonchev–Trinajstić information content (AvgIpc) is 3.41. The molecule has 0 saturated heterocycles. The third-order valence-corrected chi connectivity index (χ3v) is 8.48. The second kappa shape index (κ2) is 11.6. The van der Waals surface area contributed by atoms with Crippen molar-refractivity contribution in [2.24, 2.45) is 0 Å². The molecule has 0 amide bonds. The molecule has 0 radical (unpaired) electrons. The van der Waals surface area contributed by atoms with Crippen LogP contribution in [0.3, 0.4) is 0 Å². The second-order valence-corrected chi connectivity index (χ2v) is 11.2. The lowest BCUT2D eigenvalue weighted by Gasteiger charge is -2.32.